The Kier molecular flexibility index (Phi) is 63.1. The lowest BCUT2D eigenvalue weighted by Gasteiger charge is -2.18. The number of hydrogen-bond donors (Lipinski definition) is 0. The van der Waals surface area contributed by atoms with E-state index in [0.29, 0.717) is 19.3 Å². The van der Waals surface area contributed by atoms with Crippen LogP contribution in [0.25, 0.3) is 0 Å². The van der Waals surface area contributed by atoms with Crippen molar-refractivity contribution in [1.29, 1.82) is 0 Å². The topological polar surface area (TPSA) is 78.9 Å². The van der Waals surface area contributed by atoms with Crippen molar-refractivity contribution >= 4 is 17.9 Å². The predicted molar refractivity (Wildman–Crippen MR) is 330 cm³/mol. The van der Waals surface area contributed by atoms with Crippen LogP contribution < -0.4 is 0 Å². The molecule has 446 valence electrons. The monoisotopic (exact) mass is 1070 g/mol. The molecule has 1 unspecified atom stereocenters. The summed E-state index contributed by atoms with van der Waals surface area (Å²) in [5.41, 5.74) is 0. The molecule has 0 aromatic carbocycles. The summed E-state index contributed by atoms with van der Waals surface area (Å²) in [6, 6.07) is 0. The van der Waals surface area contributed by atoms with Gasteiger partial charge in [0.1, 0.15) is 13.2 Å². The number of carbonyl (C=O) groups is 3. The predicted octanol–water partition coefficient (Wildman–Crippen LogP) is 23.2. The third-order valence-electron chi connectivity index (χ3n) is 15.4. The molecule has 0 heterocycles. The average molecular weight is 1070 g/mol. The van der Waals surface area contributed by atoms with Gasteiger partial charge in [0.05, 0.1) is 0 Å². The van der Waals surface area contributed by atoms with E-state index in [2.05, 4.69) is 57.2 Å². The van der Waals surface area contributed by atoms with E-state index >= 15 is 0 Å². The maximum Gasteiger partial charge on any atom is 0.306 e. The molecule has 0 aliphatic rings. The van der Waals surface area contributed by atoms with Crippen LogP contribution in [-0.4, -0.2) is 37.2 Å². The van der Waals surface area contributed by atoms with Gasteiger partial charge in [0.15, 0.2) is 6.10 Å². The highest BCUT2D eigenvalue weighted by Gasteiger charge is 2.19. The number of ether oxygens (including phenoxy) is 3. The Bertz CT molecular complexity index is 1270. The molecule has 0 aliphatic heterocycles. The lowest BCUT2D eigenvalue weighted by Crippen LogP contribution is -2.30. The fourth-order valence-electron chi connectivity index (χ4n) is 10.3. The molecule has 6 nitrogen and oxygen atoms in total. The van der Waals surface area contributed by atoms with Crippen molar-refractivity contribution in [2.45, 2.75) is 380 Å². The second kappa shape index (κ2) is 65.2. The highest BCUT2D eigenvalue weighted by atomic mass is 16.6. The number of unbranched alkanes of at least 4 members (excludes halogenated alkanes) is 46. The second-order valence-electron chi connectivity index (χ2n) is 23.1. The minimum absolute atomic E-state index is 0.0693. The molecule has 0 bridgehead atoms. The smallest absolute Gasteiger partial charge is 0.306 e. The molecule has 0 aliphatic carbocycles. The van der Waals surface area contributed by atoms with Gasteiger partial charge in [-0.1, -0.05) is 340 Å². The zero-order valence-corrected chi connectivity index (χ0v) is 51.3. The highest BCUT2D eigenvalue weighted by molar-refractivity contribution is 5.71. The van der Waals surface area contributed by atoms with Crippen molar-refractivity contribution < 1.29 is 28.6 Å². The molecule has 76 heavy (non-hydrogen) atoms. The van der Waals surface area contributed by atoms with E-state index in [1.54, 1.807) is 0 Å². The molecule has 6 heteroatoms. The van der Waals surface area contributed by atoms with Crippen LogP contribution >= 0.6 is 0 Å². The Morgan fingerprint density at radius 1 is 0.276 bits per heavy atom. The maximum atomic E-state index is 12.9. The molecule has 0 aromatic heterocycles. The molecule has 0 radical (unpaired) electrons. The summed E-state index contributed by atoms with van der Waals surface area (Å²) in [5.74, 6) is -0.849. The van der Waals surface area contributed by atoms with Gasteiger partial charge >= 0.3 is 17.9 Å². The summed E-state index contributed by atoms with van der Waals surface area (Å²) in [5, 5.41) is 0. The van der Waals surface area contributed by atoms with Gasteiger partial charge in [-0.25, -0.2) is 0 Å². The summed E-state index contributed by atoms with van der Waals surface area (Å²) in [6.45, 7) is 6.60. The Balaban J connectivity index is 4.30. The van der Waals surface area contributed by atoms with E-state index in [1.807, 2.05) is 0 Å². The summed E-state index contributed by atoms with van der Waals surface area (Å²) in [4.78, 5) is 38.4. The summed E-state index contributed by atoms with van der Waals surface area (Å²) in [6.07, 6.45) is 80.2. The van der Waals surface area contributed by atoms with Crippen LogP contribution in [0.2, 0.25) is 0 Å². The van der Waals surface area contributed by atoms with Gasteiger partial charge in [-0.3, -0.25) is 14.4 Å². The SMILES string of the molecule is CC/C=C\C/C=C\C/C=C\CCCCCCCCCC(=O)OCC(COC(=O)CCCCCCCCCCCCCCCCCCCCCCCC)OC(=O)CCCCCCCCCCCCCCCCCCCCC. The van der Waals surface area contributed by atoms with E-state index in [0.717, 1.165) is 83.5 Å². The van der Waals surface area contributed by atoms with Crippen LogP contribution in [0, 0.1) is 0 Å². The minimum Gasteiger partial charge on any atom is -0.462 e. The Hall–Kier alpha value is -2.37. The molecule has 0 saturated heterocycles. The zero-order valence-electron chi connectivity index (χ0n) is 51.3. The van der Waals surface area contributed by atoms with Crippen molar-refractivity contribution in [2.24, 2.45) is 0 Å². The first-order valence-corrected chi connectivity index (χ1v) is 34.0. The third-order valence-corrected chi connectivity index (χ3v) is 15.4. The molecule has 1 atom stereocenters. The lowest BCUT2D eigenvalue weighted by molar-refractivity contribution is -0.167. The number of carbonyl (C=O) groups excluding carboxylic acids is 3. The molecule has 0 N–H and O–H groups in total. The van der Waals surface area contributed by atoms with Crippen LogP contribution in [0.4, 0.5) is 0 Å². The number of esters is 3. The first-order chi connectivity index (χ1) is 37.5. The Morgan fingerprint density at radius 2 is 0.513 bits per heavy atom. The summed E-state index contributed by atoms with van der Waals surface area (Å²) < 4.78 is 17.0. The fourth-order valence-corrected chi connectivity index (χ4v) is 10.3. The van der Waals surface area contributed by atoms with Crippen molar-refractivity contribution in [3.05, 3.63) is 36.5 Å². The summed E-state index contributed by atoms with van der Waals surface area (Å²) in [7, 11) is 0. The van der Waals surface area contributed by atoms with Crippen molar-refractivity contribution in [3.8, 4) is 0 Å². The lowest BCUT2D eigenvalue weighted by atomic mass is 10.0. The van der Waals surface area contributed by atoms with Gasteiger partial charge in [0, 0.05) is 19.3 Å². The van der Waals surface area contributed by atoms with Gasteiger partial charge in [-0.05, 0) is 51.4 Å². The van der Waals surface area contributed by atoms with Crippen LogP contribution in [0.15, 0.2) is 36.5 Å². The van der Waals surface area contributed by atoms with E-state index < -0.39 is 6.10 Å². The van der Waals surface area contributed by atoms with Crippen LogP contribution in [0.3, 0.4) is 0 Å². The minimum atomic E-state index is -0.774. The van der Waals surface area contributed by atoms with Crippen LogP contribution in [0.5, 0.6) is 0 Å². The number of hydrogen-bond acceptors (Lipinski definition) is 6. The van der Waals surface area contributed by atoms with Crippen molar-refractivity contribution in [3.63, 3.8) is 0 Å². The molecule has 0 saturated carbocycles. The Labute approximate surface area is 474 Å². The quantitative estimate of drug-likeness (QED) is 0.0261. The fraction of sp³-hybridized carbons (Fsp3) is 0.871. The van der Waals surface area contributed by atoms with Crippen LogP contribution in [0.1, 0.15) is 374 Å². The molecule has 0 amide bonds. The van der Waals surface area contributed by atoms with Crippen LogP contribution in [-0.2, 0) is 28.6 Å². The highest BCUT2D eigenvalue weighted by Crippen LogP contribution is 2.19. The van der Waals surface area contributed by atoms with Gasteiger partial charge in [-0.15, -0.1) is 0 Å². The van der Waals surface area contributed by atoms with E-state index in [9.17, 15) is 14.4 Å². The van der Waals surface area contributed by atoms with E-state index in [-0.39, 0.29) is 31.1 Å². The number of rotatable bonds is 63. The molecular weight excluding hydrogens is 937 g/mol. The maximum absolute atomic E-state index is 12.9. The zero-order chi connectivity index (χ0) is 55.0. The average Bonchev–Trinajstić information content (AvgIpc) is 3.42. The van der Waals surface area contributed by atoms with Gasteiger partial charge < -0.3 is 14.2 Å². The first kappa shape index (κ1) is 73.6. The van der Waals surface area contributed by atoms with E-state index in [1.165, 1.54) is 250 Å². The van der Waals surface area contributed by atoms with Crippen molar-refractivity contribution in [1.82, 2.24) is 0 Å². The Morgan fingerprint density at radius 3 is 0.803 bits per heavy atom. The summed E-state index contributed by atoms with van der Waals surface area (Å²) >= 11 is 0. The van der Waals surface area contributed by atoms with Gasteiger partial charge in [0.25, 0.3) is 0 Å². The second-order valence-corrected chi connectivity index (χ2v) is 23.1. The van der Waals surface area contributed by atoms with Crippen molar-refractivity contribution in [2.75, 3.05) is 13.2 Å². The first-order valence-electron chi connectivity index (χ1n) is 34.0. The standard InChI is InChI=1S/C70H130O6/c1-4-7-10-13-16-19-22-25-28-31-33-34-35-37-39-42-45-48-51-54-57-60-63-69(72)75-66-67(65-74-68(71)62-59-56-53-50-47-44-41-38-30-27-24-21-18-15-12-9-6-3)76-70(73)64-61-58-55-52-49-46-43-40-36-32-29-26-23-20-17-14-11-8-5-2/h9,12,18,21,27,30,67H,4-8,10-11,13-17,19-20,22-26,28-29,31-66H2,1-3H3/b12-9-,21-18-,30-27-. The molecule has 0 fully saturated rings. The molecule has 0 rings (SSSR count). The van der Waals surface area contributed by atoms with Gasteiger partial charge in [-0.2, -0.15) is 0 Å². The number of allylic oxidation sites excluding steroid dienone is 6. The molecule has 0 aromatic rings. The molecular formula is C70H130O6. The molecule has 0 spiro atoms. The largest absolute Gasteiger partial charge is 0.462 e. The van der Waals surface area contributed by atoms with Gasteiger partial charge in [0.2, 0.25) is 0 Å². The van der Waals surface area contributed by atoms with E-state index in [4.69, 9.17) is 14.2 Å². The third kappa shape index (κ3) is 62.5. The normalized spacial score (nSPS) is 12.2.